The molecule has 18 heavy (non-hydrogen) atoms. The fourth-order valence-corrected chi connectivity index (χ4v) is 2.44. The van der Waals surface area contributed by atoms with Gasteiger partial charge in [-0.2, -0.15) is 0 Å². The SMILES string of the molecule is CCC(CC)N(CCO)c1cccc(Cl)c1C=O. The van der Waals surface area contributed by atoms with Gasteiger partial charge >= 0.3 is 0 Å². The number of anilines is 1. The first kappa shape index (κ1) is 15.0. The van der Waals surface area contributed by atoms with Gasteiger partial charge in [-0.25, -0.2) is 0 Å². The standard InChI is InChI=1S/C14H20ClNO2/c1-3-11(4-2)16(8-9-17)14-7-5-6-13(15)12(14)10-18/h5-7,10-11,17H,3-4,8-9H2,1-2H3. The van der Waals surface area contributed by atoms with Crippen LogP contribution in [0.3, 0.4) is 0 Å². The van der Waals surface area contributed by atoms with Crippen LogP contribution in [0.15, 0.2) is 18.2 Å². The zero-order valence-electron chi connectivity index (χ0n) is 10.9. The molecule has 4 heteroatoms. The first-order valence-electron chi connectivity index (χ1n) is 6.30. The number of carbonyl (C=O) groups excluding carboxylic acids is 1. The van der Waals surface area contributed by atoms with Gasteiger partial charge in [-0.15, -0.1) is 0 Å². The Morgan fingerprint density at radius 1 is 1.39 bits per heavy atom. The van der Waals surface area contributed by atoms with Crippen molar-refractivity contribution in [2.75, 3.05) is 18.1 Å². The molecule has 0 heterocycles. The molecular weight excluding hydrogens is 250 g/mol. The lowest BCUT2D eigenvalue weighted by atomic mass is 10.1. The van der Waals surface area contributed by atoms with Crippen molar-refractivity contribution in [2.24, 2.45) is 0 Å². The van der Waals surface area contributed by atoms with E-state index in [2.05, 4.69) is 18.7 Å². The maximum atomic E-state index is 11.2. The van der Waals surface area contributed by atoms with Crippen LogP contribution in [0.25, 0.3) is 0 Å². The van der Waals surface area contributed by atoms with Crippen LogP contribution in [0.2, 0.25) is 5.02 Å². The third-order valence-corrected chi connectivity index (χ3v) is 3.51. The molecule has 1 aromatic rings. The number of nitrogens with zero attached hydrogens (tertiary/aromatic N) is 1. The maximum Gasteiger partial charge on any atom is 0.153 e. The largest absolute Gasteiger partial charge is 0.395 e. The highest BCUT2D eigenvalue weighted by Gasteiger charge is 2.19. The maximum absolute atomic E-state index is 11.2. The fraction of sp³-hybridized carbons (Fsp3) is 0.500. The van der Waals surface area contributed by atoms with Gasteiger partial charge in [0.2, 0.25) is 0 Å². The number of aliphatic hydroxyl groups excluding tert-OH is 1. The number of benzene rings is 1. The molecule has 3 nitrogen and oxygen atoms in total. The molecule has 0 amide bonds. The van der Waals surface area contributed by atoms with Crippen LogP contribution in [0, 0.1) is 0 Å². The predicted molar refractivity (Wildman–Crippen MR) is 75.6 cm³/mol. The molecule has 1 rings (SSSR count). The van der Waals surface area contributed by atoms with Gasteiger partial charge in [0.25, 0.3) is 0 Å². The van der Waals surface area contributed by atoms with Crippen LogP contribution in [0.1, 0.15) is 37.0 Å². The van der Waals surface area contributed by atoms with E-state index in [1.54, 1.807) is 6.07 Å². The number of rotatable bonds is 7. The summed E-state index contributed by atoms with van der Waals surface area (Å²) in [5, 5.41) is 9.66. The second kappa shape index (κ2) is 7.39. The van der Waals surface area contributed by atoms with E-state index in [1.807, 2.05) is 12.1 Å². The van der Waals surface area contributed by atoms with Crippen molar-refractivity contribution in [2.45, 2.75) is 32.7 Å². The lowest BCUT2D eigenvalue weighted by Crippen LogP contribution is -2.37. The van der Waals surface area contributed by atoms with E-state index in [0.717, 1.165) is 24.8 Å². The predicted octanol–water partition coefficient (Wildman–Crippen LogP) is 3.14. The second-order valence-corrected chi connectivity index (χ2v) is 4.59. The second-order valence-electron chi connectivity index (χ2n) is 4.18. The number of aldehydes is 1. The van der Waals surface area contributed by atoms with Crippen LogP contribution >= 0.6 is 11.6 Å². The average molecular weight is 270 g/mol. The van der Waals surface area contributed by atoms with E-state index in [0.29, 0.717) is 23.2 Å². The van der Waals surface area contributed by atoms with Crippen LogP contribution < -0.4 is 4.90 Å². The minimum Gasteiger partial charge on any atom is -0.395 e. The highest BCUT2D eigenvalue weighted by atomic mass is 35.5. The molecule has 0 aromatic heterocycles. The Labute approximate surface area is 113 Å². The van der Waals surface area contributed by atoms with Crippen LogP contribution in [-0.2, 0) is 0 Å². The molecule has 0 radical (unpaired) electrons. The smallest absolute Gasteiger partial charge is 0.153 e. The summed E-state index contributed by atoms with van der Waals surface area (Å²) in [6, 6.07) is 5.72. The first-order valence-corrected chi connectivity index (χ1v) is 6.68. The molecule has 100 valence electrons. The Kier molecular flexibility index (Phi) is 6.16. The Balaban J connectivity index is 3.20. The van der Waals surface area contributed by atoms with Crippen LogP contribution in [-0.4, -0.2) is 30.6 Å². The normalized spacial score (nSPS) is 10.7. The number of carbonyl (C=O) groups is 1. The van der Waals surface area contributed by atoms with E-state index < -0.39 is 0 Å². The lowest BCUT2D eigenvalue weighted by Gasteiger charge is -2.33. The third-order valence-electron chi connectivity index (χ3n) is 3.18. The van der Waals surface area contributed by atoms with E-state index in [9.17, 15) is 9.90 Å². The van der Waals surface area contributed by atoms with Crippen molar-refractivity contribution in [1.29, 1.82) is 0 Å². The van der Waals surface area contributed by atoms with Gasteiger partial charge < -0.3 is 10.0 Å². The minimum atomic E-state index is 0.0569. The molecule has 0 spiro atoms. The summed E-state index contributed by atoms with van der Waals surface area (Å²) in [4.78, 5) is 13.2. The Morgan fingerprint density at radius 2 is 2.06 bits per heavy atom. The summed E-state index contributed by atoms with van der Waals surface area (Å²) in [7, 11) is 0. The molecule has 0 bridgehead atoms. The molecule has 0 aliphatic rings. The highest BCUT2D eigenvalue weighted by Crippen LogP contribution is 2.28. The van der Waals surface area contributed by atoms with E-state index in [1.165, 1.54) is 0 Å². The fourth-order valence-electron chi connectivity index (χ4n) is 2.23. The molecule has 1 N–H and O–H groups in total. The summed E-state index contributed by atoms with van der Waals surface area (Å²) < 4.78 is 0. The van der Waals surface area contributed by atoms with E-state index in [-0.39, 0.29) is 6.61 Å². The van der Waals surface area contributed by atoms with Gasteiger partial charge in [0.15, 0.2) is 6.29 Å². The van der Waals surface area contributed by atoms with E-state index >= 15 is 0 Å². The van der Waals surface area contributed by atoms with Crippen molar-refractivity contribution in [3.8, 4) is 0 Å². The zero-order chi connectivity index (χ0) is 13.5. The van der Waals surface area contributed by atoms with Gasteiger partial charge in [-0.05, 0) is 25.0 Å². The zero-order valence-corrected chi connectivity index (χ0v) is 11.7. The summed E-state index contributed by atoms with van der Waals surface area (Å²) in [6.45, 7) is 4.77. The van der Waals surface area contributed by atoms with Crippen molar-refractivity contribution < 1.29 is 9.90 Å². The molecular formula is C14H20ClNO2. The Morgan fingerprint density at radius 3 is 2.56 bits per heavy atom. The number of halogens is 1. The summed E-state index contributed by atoms with van der Waals surface area (Å²) in [5.41, 5.74) is 1.31. The third kappa shape index (κ3) is 3.24. The first-order chi connectivity index (χ1) is 8.69. The number of aliphatic hydroxyl groups is 1. The molecule has 0 atom stereocenters. The van der Waals surface area contributed by atoms with Gasteiger partial charge in [-0.1, -0.05) is 31.5 Å². The summed E-state index contributed by atoms with van der Waals surface area (Å²) >= 11 is 6.04. The number of hydrogen-bond acceptors (Lipinski definition) is 3. The van der Waals surface area contributed by atoms with Crippen molar-refractivity contribution in [1.82, 2.24) is 0 Å². The van der Waals surface area contributed by atoms with Crippen LogP contribution in [0.5, 0.6) is 0 Å². The van der Waals surface area contributed by atoms with Gasteiger partial charge in [0.1, 0.15) is 0 Å². The van der Waals surface area contributed by atoms with E-state index in [4.69, 9.17) is 11.6 Å². The van der Waals surface area contributed by atoms with Crippen LogP contribution in [0.4, 0.5) is 5.69 Å². The molecule has 0 saturated heterocycles. The molecule has 0 unspecified atom stereocenters. The molecule has 0 aliphatic carbocycles. The lowest BCUT2D eigenvalue weighted by molar-refractivity contribution is 0.112. The Bertz CT molecular complexity index is 391. The average Bonchev–Trinajstić information content (AvgIpc) is 2.38. The molecule has 0 saturated carbocycles. The topological polar surface area (TPSA) is 40.5 Å². The monoisotopic (exact) mass is 269 g/mol. The summed E-state index contributed by atoms with van der Waals surface area (Å²) in [6.07, 6.45) is 2.70. The Hall–Kier alpha value is -1.06. The summed E-state index contributed by atoms with van der Waals surface area (Å²) in [5.74, 6) is 0. The molecule has 1 aromatic carbocycles. The van der Waals surface area contributed by atoms with Crippen molar-refractivity contribution >= 4 is 23.6 Å². The molecule has 0 fully saturated rings. The van der Waals surface area contributed by atoms with Crippen molar-refractivity contribution in [3.05, 3.63) is 28.8 Å². The highest BCUT2D eigenvalue weighted by molar-refractivity contribution is 6.33. The van der Waals surface area contributed by atoms with Gasteiger partial charge in [0.05, 0.1) is 17.2 Å². The minimum absolute atomic E-state index is 0.0569. The quantitative estimate of drug-likeness (QED) is 0.773. The molecule has 0 aliphatic heterocycles. The van der Waals surface area contributed by atoms with Crippen molar-refractivity contribution in [3.63, 3.8) is 0 Å². The van der Waals surface area contributed by atoms with Gasteiger partial charge in [0, 0.05) is 18.3 Å². The number of hydrogen-bond donors (Lipinski definition) is 1. The van der Waals surface area contributed by atoms with Gasteiger partial charge in [-0.3, -0.25) is 4.79 Å².